The molecule has 0 aliphatic heterocycles. The summed E-state index contributed by atoms with van der Waals surface area (Å²) in [6, 6.07) is 5.31. The van der Waals surface area contributed by atoms with Crippen LogP contribution in [0.5, 0.6) is 0 Å². The van der Waals surface area contributed by atoms with Gasteiger partial charge in [0.1, 0.15) is 0 Å². The lowest BCUT2D eigenvalue weighted by molar-refractivity contribution is 0.0316. The first-order chi connectivity index (χ1) is 13.0. The maximum Gasteiger partial charge on any atom is 0.338 e. The van der Waals surface area contributed by atoms with Crippen molar-refractivity contribution in [2.45, 2.75) is 38.7 Å². The molecule has 0 unspecified atom stereocenters. The first-order valence-corrected chi connectivity index (χ1v) is 9.96. The van der Waals surface area contributed by atoms with Gasteiger partial charge >= 0.3 is 5.97 Å². The average molecular weight is 406 g/mol. The Morgan fingerprint density at radius 1 is 1.18 bits per heavy atom. The minimum Gasteiger partial charge on any atom is -0.451 e. The number of hydrogen-bond acceptors (Lipinski definition) is 6. The Morgan fingerprint density at radius 2 is 1.82 bits per heavy atom. The summed E-state index contributed by atoms with van der Waals surface area (Å²) in [7, 11) is -2.46. The van der Waals surface area contributed by atoms with E-state index in [2.05, 4.69) is 9.71 Å². The molecule has 0 radical (unpaired) electrons. The Labute approximate surface area is 163 Å². The minimum atomic E-state index is -3.72. The third kappa shape index (κ3) is 4.20. The second kappa shape index (κ2) is 8.07. The predicted octanol–water partition coefficient (Wildman–Crippen LogP) is 2.17. The number of ether oxygens (including phenoxy) is 1. The summed E-state index contributed by atoms with van der Waals surface area (Å²) < 4.78 is 31.1. The molecule has 28 heavy (non-hydrogen) atoms. The number of esters is 1. The number of Topliss-reactive ketones (excluding diaryl/α,β-unsaturated/α-hetero) is 2. The van der Waals surface area contributed by atoms with Crippen molar-refractivity contribution in [3.05, 3.63) is 52.3 Å². The molecule has 1 aromatic carbocycles. The number of aromatic amines is 1. The van der Waals surface area contributed by atoms with Crippen molar-refractivity contribution in [2.24, 2.45) is 0 Å². The van der Waals surface area contributed by atoms with Gasteiger partial charge in [-0.1, -0.05) is 6.07 Å². The largest absolute Gasteiger partial charge is 0.451 e. The van der Waals surface area contributed by atoms with Crippen molar-refractivity contribution >= 4 is 27.6 Å². The zero-order valence-electron chi connectivity index (χ0n) is 16.2. The van der Waals surface area contributed by atoms with Crippen LogP contribution in [0.1, 0.15) is 56.3 Å². The normalized spacial score (nSPS) is 12.5. The average Bonchev–Trinajstić information content (AvgIpc) is 2.95. The molecule has 0 fully saturated rings. The molecule has 0 aliphatic rings. The van der Waals surface area contributed by atoms with Crippen LogP contribution in [0.2, 0.25) is 0 Å². The van der Waals surface area contributed by atoms with Gasteiger partial charge in [0.2, 0.25) is 15.8 Å². The Morgan fingerprint density at radius 3 is 2.36 bits per heavy atom. The van der Waals surface area contributed by atoms with Gasteiger partial charge in [0, 0.05) is 11.3 Å². The topological polar surface area (TPSA) is 122 Å². The van der Waals surface area contributed by atoms with Crippen molar-refractivity contribution < 1.29 is 27.5 Å². The molecule has 9 heteroatoms. The molecule has 0 saturated heterocycles. The van der Waals surface area contributed by atoms with Gasteiger partial charge in [-0.2, -0.15) is 0 Å². The summed E-state index contributed by atoms with van der Waals surface area (Å²) in [6.07, 6.45) is -1.13. The van der Waals surface area contributed by atoms with E-state index in [1.54, 1.807) is 13.8 Å². The van der Waals surface area contributed by atoms with Gasteiger partial charge in [-0.3, -0.25) is 9.59 Å². The van der Waals surface area contributed by atoms with Crippen LogP contribution in [0, 0.1) is 13.8 Å². The van der Waals surface area contributed by atoms with Crippen LogP contribution in [0.3, 0.4) is 0 Å². The summed E-state index contributed by atoms with van der Waals surface area (Å²) in [5.41, 5.74) is 1.71. The highest BCUT2D eigenvalue weighted by molar-refractivity contribution is 7.89. The highest BCUT2D eigenvalue weighted by atomic mass is 32.2. The SMILES string of the molecule is CNS(=O)(=O)c1cccc(C(=O)O[C@@H](C)C(=O)c2[nH]c(C)c(C(C)=O)c2C)c1. The van der Waals surface area contributed by atoms with E-state index in [-0.39, 0.29) is 21.9 Å². The van der Waals surface area contributed by atoms with E-state index in [1.165, 1.54) is 45.2 Å². The first-order valence-electron chi connectivity index (χ1n) is 8.48. The number of sulfonamides is 1. The third-order valence-electron chi connectivity index (χ3n) is 4.34. The molecule has 0 saturated carbocycles. The van der Waals surface area contributed by atoms with E-state index in [0.29, 0.717) is 16.8 Å². The Bertz CT molecular complexity index is 1050. The molecule has 2 rings (SSSR count). The molecule has 0 amide bonds. The van der Waals surface area contributed by atoms with Crippen LogP contribution in [0.15, 0.2) is 29.2 Å². The summed E-state index contributed by atoms with van der Waals surface area (Å²) in [6.45, 7) is 6.16. The molecular formula is C19H22N2O6S. The maximum atomic E-state index is 12.7. The summed E-state index contributed by atoms with van der Waals surface area (Å²) in [5, 5.41) is 0. The van der Waals surface area contributed by atoms with E-state index < -0.39 is 27.9 Å². The van der Waals surface area contributed by atoms with Crippen LogP contribution in [0.4, 0.5) is 0 Å². The van der Waals surface area contributed by atoms with Crippen molar-refractivity contribution in [1.82, 2.24) is 9.71 Å². The molecule has 2 N–H and O–H groups in total. The lowest BCUT2D eigenvalue weighted by Crippen LogP contribution is -2.25. The lowest BCUT2D eigenvalue weighted by atomic mass is 10.0. The number of carbonyl (C=O) groups excluding carboxylic acids is 3. The third-order valence-corrected chi connectivity index (χ3v) is 5.75. The summed E-state index contributed by atoms with van der Waals surface area (Å²) in [4.78, 5) is 39.5. The fourth-order valence-corrected chi connectivity index (χ4v) is 3.69. The van der Waals surface area contributed by atoms with E-state index >= 15 is 0 Å². The van der Waals surface area contributed by atoms with Crippen molar-refractivity contribution in [3.63, 3.8) is 0 Å². The fraction of sp³-hybridized carbons (Fsp3) is 0.316. The van der Waals surface area contributed by atoms with Crippen LogP contribution in [-0.4, -0.2) is 44.1 Å². The fourth-order valence-electron chi connectivity index (χ4n) is 2.92. The van der Waals surface area contributed by atoms with Crippen molar-refractivity contribution in [1.29, 1.82) is 0 Å². The number of rotatable bonds is 7. The second-order valence-corrected chi connectivity index (χ2v) is 8.21. The van der Waals surface area contributed by atoms with Crippen LogP contribution in [-0.2, 0) is 14.8 Å². The lowest BCUT2D eigenvalue weighted by Gasteiger charge is -2.13. The van der Waals surface area contributed by atoms with E-state index in [9.17, 15) is 22.8 Å². The number of H-pyrrole nitrogens is 1. The zero-order chi connectivity index (χ0) is 21.2. The molecule has 0 bridgehead atoms. The number of hydrogen-bond donors (Lipinski definition) is 2. The van der Waals surface area contributed by atoms with E-state index in [0.717, 1.165) is 0 Å². The van der Waals surface area contributed by atoms with Crippen molar-refractivity contribution in [2.75, 3.05) is 7.05 Å². The molecule has 8 nitrogen and oxygen atoms in total. The standard InChI is InChI=1S/C19H22N2O6S/c1-10-16(12(3)22)11(2)21-17(10)18(23)13(4)27-19(24)14-7-6-8-15(9-14)28(25,26)20-5/h6-9,13,20-21H,1-5H3/t13-/m0/s1. The Kier molecular flexibility index (Phi) is 6.20. The van der Waals surface area contributed by atoms with E-state index in [1.807, 2.05) is 0 Å². The molecule has 2 aromatic rings. The highest BCUT2D eigenvalue weighted by Gasteiger charge is 2.26. The highest BCUT2D eigenvalue weighted by Crippen LogP contribution is 2.21. The Hall–Kier alpha value is -2.78. The molecule has 1 atom stereocenters. The monoisotopic (exact) mass is 406 g/mol. The molecule has 1 heterocycles. The first kappa shape index (κ1) is 21.5. The molecular weight excluding hydrogens is 384 g/mol. The number of ketones is 2. The molecule has 150 valence electrons. The number of benzene rings is 1. The summed E-state index contributed by atoms with van der Waals surface area (Å²) in [5.74, 6) is -1.49. The zero-order valence-corrected chi connectivity index (χ0v) is 17.1. The van der Waals surface area contributed by atoms with Crippen LogP contribution >= 0.6 is 0 Å². The van der Waals surface area contributed by atoms with Gasteiger partial charge < -0.3 is 9.72 Å². The number of nitrogens with one attached hydrogen (secondary N) is 2. The predicted molar refractivity (Wildman–Crippen MR) is 102 cm³/mol. The van der Waals surface area contributed by atoms with E-state index in [4.69, 9.17) is 4.74 Å². The number of aromatic nitrogens is 1. The minimum absolute atomic E-state index is 0.000196. The van der Waals surface area contributed by atoms with Gasteiger partial charge in [-0.15, -0.1) is 0 Å². The maximum absolute atomic E-state index is 12.7. The van der Waals surface area contributed by atoms with Gasteiger partial charge in [0.25, 0.3) is 0 Å². The molecule has 0 spiro atoms. The number of carbonyl (C=O) groups is 3. The number of aryl methyl sites for hydroxylation is 1. The molecule has 1 aromatic heterocycles. The summed E-state index contributed by atoms with van der Waals surface area (Å²) >= 11 is 0. The Balaban J connectivity index is 2.24. The van der Waals surface area contributed by atoms with Crippen molar-refractivity contribution in [3.8, 4) is 0 Å². The van der Waals surface area contributed by atoms with Crippen LogP contribution < -0.4 is 4.72 Å². The van der Waals surface area contributed by atoms with Gasteiger partial charge in [0.05, 0.1) is 16.2 Å². The van der Waals surface area contributed by atoms with Gasteiger partial charge in [-0.05, 0) is 58.5 Å². The molecule has 0 aliphatic carbocycles. The quantitative estimate of drug-likeness (QED) is 0.537. The van der Waals surface area contributed by atoms with Crippen LogP contribution in [0.25, 0.3) is 0 Å². The van der Waals surface area contributed by atoms with Gasteiger partial charge in [-0.25, -0.2) is 17.9 Å². The smallest absolute Gasteiger partial charge is 0.338 e. The van der Waals surface area contributed by atoms with Gasteiger partial charge in [0.15, 0.2) is 11.9 Å². The second-order valence-electron chi connectivity index (χ2n) is 6.33.